The van der Waals surface area contributed by atoms with Crippen LogP contribution in [0.2, 0.25) is 0 Å². The SMILES string of the molecule is CCOC(=O)c1cc2c(nc1C)-c1ccccc1SC2. The Balaban J connectivity index is 2.10. The zero-order valence-corrected chi connectivity index (χ0v) is 12.3. The molecule has 0 unspecified atom stereocenters. The molecular weight excluding hydrogens is 270 g/mol. The van der Waals surface area contributed by atoms with Gasteiger partial charge >= 0.3 is 5.97 Å². The molecule has 0 bridgehead atoms. The summed E-state index contributed by atoms with van der Waals surface area (Å²) in [5.41, 5.74) is 4.54. The van der Waals surface area contributed by atoms with Gasteiger partial charge in [-0.05, 0) is 31.5 Å². The smallest absolute Gasteiger partial charge is 0.339 e. The highest BCUT2D eigenvalue weighted by molar-refractivity contribution is 7.98. The molecule has 1 aromatic carbocycles. The molecule has 1 aliphatic heterocycles. The molecule has 2 heterocycles. The van der Waals surface area contributed by atoms with E-state index in [2.05, 4.69) is 17.1 Å². The molecule has 3 nitrogen and oxygen atoms in total. The number of carbonyl (C=O) groups excluding carboxylic acids is 1. The van der Waals surface area contributed by atoms with Crippen molar-refractivity contribution >= 4 is 17.7 Å². The third kappa shape index (κ3) is 2.20. The van der Waals surface area contributed by atoms with Crippen molar-refractivity contribution in [3.8, 4) is 11.3 Å². The largest absolute Gasteiger partial charge is 0.462 e. The standard InChI is InChI=1S/C16H15NO2S/c1-3-19-16(18)13-8-11-9-20-14-7-5-4-6-12(14)15(11)17-10(13)2/h4-8H,3,9H2,1-2H3. The first-order valence-electron chi connectivity index (χ1n) is 6.60. The molecule has 2 aromatic rings. The molecule has 0 saturated heterocycles. The molecule has 20 heavy (non-hydrogen) atoms. The van der Waals surface area contributed by atoms with Gasteiger partial charge in [0.25, 0.3) is 0 Å². The maximum atomic E-state index is 11.9. The lowest BCUT2D eigenvalue weighted by Crippen LogP contribution is -2.11. The Hall–Kier alpha value is -1.81. The first-order valence-corrected chi connectivity index (χ1v) is 7.59. The second kappa shape index (κ2) is 5.29. The highest BCUT2D eigenvalue weighted by Crippen LogP contribution is 2.40. The van der Waals surface area contributed by atoms with Crippen LogP contribution in [-0.2, 0) is 10.5 Å². The van der Waals surface area contributed by atoms with Gasteiger partial charge < -0.3 is 4.74 Å². The summed E-state index contributed by atoms with van der Waals surface area (Å²) in [4.78, 5) is 17.8. The molecule has 0 fully saturated rings. The summed E-state index contributed by atoms with van der Waals surface area (Å²) in [6, 6.07) is 10.2. The predicted octanol–water partition coefficient (Wildman–Crippen LogP) is 3.84. The Morgan fingerprint density at radius 1 is 1.40 bits per heavy atom. The molecular formula is C16H15NO2S. The van der Waals surface area contributed by atoms with Crippen LogP contribution in [0.25, 0.3) is 11.3 Å². The Morgan fingerprint density at radius 2 is 2.20 bits per heavy atom. The van der Waals surface area contributed by atoms with Gasteiger partial charge in [0.15, 0.2) is 0 Å². The van der Waals surface area contributed by atoms with Crippen molar-refractivity contribution in [3.63, 3.8) is 0 Å². The van der Waals surface area contributed by atoms with Crippen LogP contribution in [0.3, 0.4) is 0 Å². The van der Waals surface area contributed by atoms with Gasteiger partial charge in [-0.1, -0.05) is 18.2 Å². The molecule has 0 saturated carbocycles. The minimum absolute atomic E-state index is 0.288. The first-order chi connectivity index (χ1) is 9.70. The van der Waals surface area contributed by atoms with Crippen molar-refractivity contribution in [1.82, 2.24) is 4.98 Å². The molecule has 4 heteroatoms. The number of esters is 1. The number of carbonyl (C=O) groups is 1. The number of ether oxygens (including phenoxy) is 1. The summed E-state index contributed by atoms with van der Waals surface area (Å²) < 4.78 is 5.08. The minimum atomic E-state index is -0.288. The zero-order valence-electron chi connectivity index (χ0n) is 11.5. The fourth-order valence-corrected chi connectivity index (χ4v) is 3.38. The van der Waals surface area contributed by atoms with E-state index in [0.29, 0.717) is 12.2 Å². The van der Waals surface area contributed by atoms with Crippen LogP contribution in [0.5, 0.6) is 0 Å². The number of hydrogen-bond acceptors (Lipinski definition) is 4. The van der Waals surface area contributed by atoms with Crippen LogP contribution in [0, 0.1) is 6.92 Å². The highest BCUT2D eigenvalue weighted by atomic mass is 32.2. The average molecular weight is 285 g/mol. The Bertz CT molecular complexity index is 682. The third-order valence-corrected chi connectivity index (χ3v) is 4.44. The number of aromatic nitrogens is 1. The van der Waals surface area contributed by atoms with Gasteiger partial charge in [-0.2, -0.15) is 0 Å². The molecule has 0 radical (unpaired) electrons. The van der Waals surface area contributed by atoms with Crippen molar-refractivity contribution in [2.75, 3.05) is 6.61 Å². The van der Waals surface area contributed by atoms with Gasteiger partial charge in [-0.3, -0.25) is 4.98 Å². The van der Waals surface area contributed by atoms with Gasteiger partial charge in [-0.15, -0.1) is 11.8 Å². The Morgan fingerprint density at radius 3 is 3.00 bits per heavy atom. The third-order valence-electron chi connectivity index (χ3n) is 3.31. The number of pyridine rings is 1. The fraction of sp³-hybridized carbons (Fsp3) is 0.250. The van der Waals surface area contributed by atoms with E-state index >= 15 is 0 Å². The minimum Gasteiger partial charge on any atom is -0.462 e. The number of thioether (sulfide) groups is 1. The quantitative estimate of drug-likeness (QED) is 0.786. The molecule has 1 aromatic heterocycles. The summed E-state index contributed by atoms with van der Waals surface area (Å²) in [5.74, 6) is 0.552. The molecule has 0 amide bonds. The van der Waals surface area contributed by atoms with Crippen molar-refractivity contribution < 1.29 is 9.53 Å². The van der Waals surface area contributed by atoms with Gasteiger partial charge in [0.05, 0.1) is 23.6 Å². The predicted molar refractivity (Wildman–Crippen MR) is 79.9 cm³/mol. The van der Waals surface area contributed by atoms with Crippen LogP contribution in [0.1, 0.15) is 28.5 Å². The zero-order chi connectivity index (χ0) is 14.1. The maximum absolute atomic E-state index is 11.9. The van der Waals surface area contributed by atoms with E-state index in [4.69, 9.17) is 4.74 Å². The van der Waals surface area contributed by atoms with Gasteiger partial charge in [0, 0.05) is 16.2 Å². The normalized spacial score (nSPS) is 12.5. The van der Waals surface area contributed by atoms with Gasteiger partial charge in [-0.25, -0.2) is 4.79 Å². The molecule has 0 aliphatic carbocycles. The molecule has 0 spiro atoms. The highest BCUT2D eigenvalue weighted by Gasteiger charge is 2.21. The molecule has 1 aliphatic rings. The van der Waals surface area contributed by atoms with Crippen LogP contribution in [-0.4, -0.2) is 17.6 Å². The van der Waals surface area contributed by atoms with E-state index in [1.165, 1.54) is 4.90 Å². The summed E-state index contributed by atoms with van der Waals surface area (Å²) in [7, 11) is 0. The fourth-order valence-electron chi connectivity index (χ4n) is 2.35. The topological polar surface area (TPSA) is 39.2 Å². The second-order valence-corrected chi connectivity index (χ2v) is 5.65. The van der Waals surface area contributed by atoms with Gasteiger partial charge in [0.1, 0.15) is 0 Å². The Kier molecular flexibility index (Phi) is 3.49. The number of hydrogen-bond donors (Lipinski definition) is 0. The van der Waals surface area contributed by atoms with Crippen molar-refractivity contribution in [3.05, 3.63) is 47.2 Å². The number of nitrogens with zero attached hydrogens (tertiary/aromatic N) is 1. The number of rotatable bonds is 2. The van der Waals surface area contributed by atoms with E-state index in [-0.39, 0.29) is 5.97 Å². The summed E-state index contributed by atoms with van der Waals surface area (Å²) >= 11 is 1.78. The lowest BCUT2D eigenvalue weighted by atomic mass is 10.0. The van der Waals surface area contributed by atoms with E-state index < -0.39 is 0 Å². The number of fused-ring (bicyclic) bond motifs is 3. The average Bonchev–Trinajstić information content (AvgIpc) is 2.46. The van der Waals surface area contributed by atoms with E-state index in [1.54, 1.807) is 11.8 Å². The lowest BCUT2D eigenvalue weighted by Gasteiger charge is -2.19. The van der Waals surface area contributed by atoms with Crippen LogP contribution >= 0.6 is 11.8 Å². The second-order valence-electron chi connectivity index (χ2n) is 4.63. The first kappa shape index (κ1) is 13.2. The summed E-state index contributed by atoms with van der Waals surface area (Å²) in [6.07, 6.45) is 0. The van der Waals surface area contributed by atoms with Gasteiger partial charge in [0.2, 0.25) is 0 Å². The summed E-state index contributed by atoms with van der Waals surface area (Å²) in [6.45, 7) is 4.05. The van der Waals surface area contributed by atoms with E-state index in [1.807, 2.05) is 32.0 Å². The van der Waals surface area contributed by atoms with Crippen molar-refractivity contribution in [1.29, 1.82) is 0 Å². The van der Waals surface area contributed by atoms with Crippen LogP contribution < -0.4 is 0 Å². The number of benzene rings is 1. The monoisotopic (exact) mass is 285 g/mol. The lowest BCUT2D eigenvalue weighted by molar-refractivity contribution is 0.0525. The summed E-state index contributed by atoms with van der Waals surface area (Å²) in [5, 5.41) is 0. The number of aryl methyl sites for hydroxylation is 1. The molecule has 0 atom stereocenters. The molecule has 0 N–H and O–H groups in total. The maximum Gasteiger partial charge on any atom is 0.339 e. The van der Waals surface area contributed by atoms with E-state index in [0.717, 1.165) is 28.3 Å². The van der Waals surface area contributed by atoms with Crippen molar-refractivity contribution in [2.45, 2.75) is 24.5 Å². The van der Waals surface area contributed by atoms with E-state index in [9.17, 15) is 4.79 Å². The van der Waals surface area contributed by atoms with Crippen LogP contribution in [0.4, 0.5) is 0 Å². The molecule has 102 valence electrons. The van der Waals surface area contributed by atoms with Crippen LogP contribution in [0.15, 0.2) is 35.2 Å². The Labute approximate surface area is 122 Å². The van der Waals surface area contributed by atoms with Crippen molar-refractivity contribution in [2.24, 2.45) is 0 Å². The molecule has 3 rings (SSSR count).